The number of nitrogens with one attached hydrogen (secondary N) is 3. The summed E-state index contributed by atoms with van der Waals surface area (Å²) < 4.78 is 1.54. The number of carbonyl (C=O) groups is 1. The van der Waals surface area contributed by atoms with Crippen molar-refractivity contribution in [3.8, 4) is 0 Å². The molecule has 0 unspecified atom stereocenters. The van der Waals surface area contributed by atoms with Crippen molar-refractivity contribution in [3.63, 3.8) is 0 Å². The number of hydrazine groups is 1. The van der Waals surface area contributed by atoms with E-state index in [0.717, 1.165) is 5.69 Å². The highest BCUT2D eigenvalue weighted by Crippen LogP contribution is 2.18. The minimum atomic E-state index is -0.439. The number of thiocarbonyl (C=S) groups is 1. The summed E-state index contributed by atoms with van der Waals surface area (Å²) in [6, 6.07) is 0. The number of amides is 1. The molecule has 0 spiro atoms. The Balaban J connectivity index is 2.74. The fourth-order valence-electron chi connectivity index (χ4n) is 0.963. The molecule has 6 nitrogen and oxygen atoms in total. The number of aryl methyl sites for hydroxylation is 1. The van der Waals surface area contributed by atoms with Crippen LogP contribution >= 0.6 is 23.8 Å². The molecule has 0 radical (unpaired) electrons. The second-order valence-corrected chi connectivity index (χ2v) is 3.82. The summed E-state index contributed by atoms with van der Waals surface area (Å²) in [5, 5.41) is 7.27. The molecule has 1 heterocycles. The molecule has 1 rings (SSSR count). The van der Waals surface area contributed by atoms with Crippen molar-refractivity contribution in [2.24, 2.45) is 7.05 Å². The maximum atomic E-state index is 11.6. The number of hydrogen-bond donors (Lipinski definition) is 3. The molecule has 0 bridgehead atoms. The number of rotatable bonds is 1. The summed E-state index contributed by atoms with van der Waals surface area (Å²) in [6.45, 7) is 1.78. The molecule has 16 heavy (non-hydrogen) atoms. The minimum Gasteiger partial charge on any atom is -0.364 e. The third-order valence-electron chi connectivity index (χ3n) is 1.99. The van der Waals surface area contributed by atoms with Crippen LogP contribution in [0.1, 0.15) is 16.2 Å². The zero-order valence-electron chi connectivity index (χ0n) is 9.09. The standard InChI is InChI=1S/C8H12ClN5OS/c1-4-5(9)6(13-14(4)3)7(15)11-12-8(16)10-2/h1-3H3,(H,11,15)(H2,10,12,16). The maximum absolute atomic E-state index is 11.6. The number of nitrogens with zero attached hydrogens (tertiary/aromatic N) is 2. The lowest BCUT2D eigenvalue weighted by molar-refractivity contribution is 0.0938. The average molecular weight is 262 g/mol. The first kappa shape index (κ1) is 12.7. The fourth-order valence-corrected chi connectivity index (χ4v) is 1.26. The van der Waals surface area contributed by atoms with Gasteiger partial charge in [0.2, 0.25) is 0 Å². The van der Waals surface area contributed by atoms with Crippen LogP contribution in [-0.4, -0.2) is 27.8 Å². The van der Waals surface area contributed by atoms with Crippen LogP contribution in [0.4, 0.5) is 0 Å². The van der Waals surface area contributed by atoms with Gasteiger partial charge in [-0.3, -0.25) is 20.3 Å². The van der Waals surface area contributed by atoms with E-state index in [1.807, 2.05) is 0 Å². The first-order valence-electron chi connectivity index (χ1n) is 4.44. The molecular weight excluding hydrogens is 250 g/mol. The maximum Gasteiger partial charge on any atom is 0.291 e. The van der Waals surface area contributed by atoms with Crippen LogP contribution in [0.15, 0.2) is 0 Å². The van der Waals surface area contributed by atoms with Crippen molar-refractivity contribution in [1.82, 2.24) is 25.9 Å². The number of aromatic nitrogens is 2. The Morgan fingerprint density at radius 1 is 1.50 bits per heavy atom. The van der Waals surface area contributed by atoms with E-state index in [0.29, 0.717) is 10.1 Å². The quantitative estimate of drug-likeness (QED) is 0.495. The summed E-state index contributed by atoms with van der Waals surface area (Å²) >= 11 is 10.7. The normalized spacial score (nSPS) is 9.75. The van der Waals surface area contributed by atoms with Gasteiger partial charge in [0.05, 0.1) is 10.7 Å². The summed E-state index contributed by atoms with van der Waals surface area (Å²) in [5.41, 5.74) is 5.76. The summed E-state index contributed by atoms with van der Waals surface area (Å²) in [4.78, 5) is 11.6. The Bertz CT molecular complexity index is 430. The Morgan fingerprint density at radius 2 is 2.12 bits per heavy atom. The van der Waals surface area contributed by atoms with Crippen molar-refractivity contribution in [3.05, 3.63) is 16.4 Å². The van der Waals surface area contributed by atoms with E-state index in [1.165, 1.54) is 4.68 Å². The van der Waals surface area contributed by atoms with E-state index in [-0.39, 0.29) is 5.69 Å². The van der Waals surface area contributed by atoms with Gasteiger partial charge in [-0.25, -0.2) is 0 Å². The number of carbonyl (C=O) groups excluding carboxylic acids is 1. The van der Waals surface area contributed by atoms with E-state index in [4.69, 9.17) is 23.8 Å². The van der Waals surface area contributed by atoms with Crippen molar-refractivity contribution in [2.45, 2.75) is 6.92 Å². The largest absolute Gasteiger partial charge is 0.364 e. The molecule has 0 aliphatic rings. The first-order chi connectivity index (χ1) is 7.47. The topological polar surface area (TPSA) is 71.0 Å². The Hall–Kier alpha value is -1.34. The molecule has 3 N–H and O–H groups in total. The molecule has 0 atom stereocenters. The summed E-state index contributed by atoms with van der Waals surface area (Å²) in [5.74, 6) is -0.439. The third-order valence-corrected chi connectivity index (χ3v) is 2.75. The van der Waals surface area contributed by atoms with Gasteiger partial charge >= 0.3 is 0 Å². The second-order valence-electron chi connectivity index (χ2n) is 3.03. The van der Waals surface area contributed by atoms with Crippen LogP contribution < -0.4 is 16.2 Å². The highest BCUT2D eigenvalue weighted by atomic mass is 35.5. The van der Waals surface area contributed by atoms with Gasteiger partial charge in [0.25, 0.3) is 5.91 Å². The molecule has 88 valence electrons. The van der Waals surface area contributed by atoms with Gasteiger partial charge in [0.15, 0.2) is 10.8 Å². The summed E-state index contributed by atoms with van der Waals surface area (Å²) in [6.07, 6.45) is 0. The van der Waals surface area contributed by atoms with Gasteiger partial charge in [-0.05, 0) is 19.1 Å². The highest BCUT2D eigenvalue weighted by molar-refractivity contribution is 7.80. The van der Waals surface area contributed by atoms with Crippen LogP contribution in [0.2, 0.25) is 5.02 Å². The molecule has 8 heteroatoms. The molecule has 1 amide bonds. The molecule has 0 saturated heterocycles. The second kappa shape index (κ2) is 5.13. The highest BCUT2D eigenvalue weighted by Gasteiger charge is 2.17. The van der Waals surface area contributed by atoms with Gasteiger partial charge in [0.1, 0.15) is 0 Å². The van der Waals surface area contributed by atoms with Gasteiger partial charge in [-0.15, -0.1) is 0 Å². The zero-order chi connectivity index (χ0) is 12.3. The number of hydrogen-bond acceptors (Lipinski definition) is 3. The Morgan fingerprint density at radius 3 is 2.56 bits per heavy atom. The average Bonchev–Trinajstić information content (AvgIpc) is 2.53. The van der Waals surface area contributed by atoms with Gasteiger partial charge in [0, 0.05) is 14.1 Å². The van der Waals surface area contributed by atoms with E-state index in [9.17, 15) is 4.79 Å². The first-order valence-corrected chi connectivity index (χ1v) is 5.23. The minimum absolute atomic E-state index is 0.160. The molecular formula is C8H12ClN5OS. The van der Waals surface area contributed by atoms with E-state index < -0.39 is 5.91 Å². The lowest BCUT2D eigenvalue weighted by atomic mass is 10.3. The van der Waals surface area contributed by atoms with Gasteiger partial charge in [-0.2, -0.15) is 5.10 Å². The van der Waals surface area contributed by atoms with Gasteiger partial charge < -0.3 is 5.32 Å². The smallest absolute Gasteiger partial charge is 0.291 e. The lowest BCUT2D eigenvalue weighted by Gasteiger charge is -2.07. The molecule has 1 aromatic heterocycles. The Labute approximate surface area is 103 Å². The van der Waals surface area contributed by atoms with Crippen molar-refractivity contribution >= 4 is 34.8 Å². The lowest BCUT2D eigenvalue weighted by Crippen LogP contribution is -2.45. The predicted molar refractivity (Wildman–Crippen MR) is 65.2 cm³/mol. The van der Waals surface area contributed by atoms with Crippen LogP contribution in [0.25, 0.3) is 0 Å². The van der Waals surface area contributed by atoms with Crippen molar-refractivity contribution < 1.29 is 4.79 Å². The molecule has 0 fully saturated rings. The van der Waals surface area contributed by atoms with Crippen LogP contribution in [0, 0.1) is 6.92 Å². The van der Waals surface area contributed by atoms with E-state index >= 15 is 0 Å². The molecule has 1 aromatic rings. The summed E-state index contributed by atoms with van der Waals surface area (Å²) in [7, 11) is 3.35. The van der Waals surface area contributed by atoms with Crippen molar-refractivity contribution in [2.75, 3.05) is 7.05 Å². The van der Waals surface area contributed by atoms with E-state index in [1.54, 1.807) is 21.0 Å². The van der Waals surface area contributed by atoms with Crippen LogP contribution in [0.3, 0.4) is 0 Å². The fraction of sp³-hybridized carbons (Fsp3) is 0.375. The predicted octanol–water partition coefficient (Wildman–Crippen LogP) is 0.121. The molecule has 0 aliphatic heterocycles. The zero-order valence-corrected chi connectivity index (χ0v) is 10.7. The molecule has 0 aromatic carbocycles. The molecule has 0 aliphatic carbocycles. The van der Waals surface area contributed by atoms with E-state index in [2.05, 4.69) is 21.3 Å². The monoisotopic (exact) mass is 261 g/mol. The number of halogens is 1. The van der Waals surface area contributed by atoms with Gasteiger partial charge in [-0.1, -0.05) is 11.6 Å². The van der Waals surface area contributed by atoms with Crippen molar-refractivity contribution in [1.29, 1.82) is 0 Å². The third kappa shape index (κ3) is 2.61. The molecule has 0 saturated carbocycles. The Kier molecular flexibility index (Phi) is 4.08. The van der Waals surface area contributed by atoms with Crippen LogP contribution in [0.5, 0.6) is 0 Å². The van der Waals surface area contributed by atoms with Crippen LogP contribution in [-0.2, 0) is 7.05 Å². The SMILES string of the molecule is CNC(=S)NNC(=O)c1nn(C)c(C)c1Cl.